The molecule has 148 valence electrons. The van der Waals surface area contributed by atoms with Gasteiger partial charge in [0.05, 0.1) is 18.2 Å². The van der Waals surface area contributed by atoms with Crippen LogP contribution in [0.3, 0.4) is 0 Å². The maximum atomic E-state index is 13.0. The van der Waals surface area contributed by atoms with Crippen molar-refractivity contribution in [3.05, 3.63) is 83.2 Å². The fourth-order valence-corrected chi connectivity index (χ4v) is 3.43. The number of amides is 2. The highest BCUT2D eigenvalue weighted by molar-refractivity contribution is 5.98. The third-order valence-corrected chi connectivity index (χ3v) is 5.02. The second-order valence-corrected chi connectivity index (χ2v) is 7.05. The molecule has 0 aliphatic carbocycles. The van der Waals surface area contributed by atoms with Gasteiger partial charge in [-0.2, -0.15) is 5.10 Å². The number of hydrogen-bond donors (Lipinski definition) is 3. The van der Waals surface area contributed by atoms with Gasteiger partial charge in [0.15, 0.2) is 0 Å². The predicted octanol–water partition coefficient (Wildman–Crippen LogP) is 2.81. The first-order valence-corrected chi connectivity index (χ1v) is 9.52. The van der Waals surface area contributed by atoms with E-state index in [0.717, 1.165) is 11.1 Å². The lowest BCUT2D eigenvalue weighted by Gasteiger charge is -2.20. The number of aromatic amines is 1. The van der Waals surface area contributed by atoms with E-state index in [1.807, 2.05) is 42.5 Å². The molecule has 7 nitrogen and oxygen atoms in total. The molecule has 2 amide bonds. The summed E-state index contributed by atoms with van der Waals surface area (Å²) in [4.78, 5) is 25.3. The molecule has 1 aromatic heterocycles. The van der Waals surface area contributed by atoms with E-state index in [2.05, 4.69) is 27.8 Å². The zero-order valence-electron chi connectivity index (χ0n) is 16.0. The summed E-state index contributed by atoms with van der Waals surface area (Å²) in [5, 5.41) is 12.3. The molecule has 1 aliphatic rings. The molecule has 0 bridgehead atoms. The predicted molar refractivity (Wildman–Crippen MR) is 108 cm³/mol. The van der Waals surface area contributed by atoms with Crippen molar-refractivity contribution in [2.45, 2.75) is 18.9 Å². The molecule has 0 spiro atoms. The average Bonchev–Trinajstić information content (AvgIpc) is 3.42. The van der Waals surface area contributed by atoms with E-state index >= 15 is 0 Å². The van der Waals surface area contributed by atoms with Crippen molar-refractivity contribution in [2.24, 2.45) is 0 Å². The van der Waals surface area contributed by atoms with Crippen LogP contribution in [0.1, 0.15) is 50.9 Å². The number of para-hydroxylation sites is 1. The normalized spacial score (nSPS) is 15.8. The number of carbonyl (C=O) groups excluding carboxylic acids is 2. The minimum atomic E-state index is -0.398. The van der Waals surface area contributed by atoms with E-state index in [1.165, 1.54) is 6.20 Å². The monoisotopic (exact) mass is 390 g/mol. The van der Waals surface area contributed by atoms with Gasteiger partial charge in [-0.3, -0.25) is 14.7 Å². The van der Waals surface area contributed by atoms with Gasteiger partial charge in [0.1, 0.15) is 11.4 Å². The smallest absolute Gasteiger partial charge is 0.269 e. The lowest BCUT2D eigenvalue weighted by molar-refractivity contribution is 0.0904. The van der Waals surface area contributed by atoms with Crippen LogP contribution >= 0.6 is 0 Å². The molecular formula is C22H22N4O3. The number of rotatable bonds is 6. The summed E-state index contributed by atoms with van der Waals surface area (Å²) >= 11 is 0. The number of nitrogens with zero attached hydrogens (tertiary/aromatic N) is 1. The van der Waals surface area contributed by atoms with Crippen molar-refractivity contribution in [2.75, 3.05) is 13.2 Å². The molecule has 4 rings (SSSR count). The standard InChI is InChI=1S/C22H22N4O3/c1-14-13-29-20-16(14)8-5-9-17(20)21(27)25-19(15-6-3-2-4-7-15)12-23-22(28)18-10-11-24-26-18/h2-11,14,19H,12-13H2,1H3,(H,23,28)(H,24,26)(H,25,27). The van der Waals surface area contributed by atoms with Gasteiger partial charge in [-0.1, -0.05) is 49.4 Å². The molecule has 3 N–H and O–H groups in total. The SMILES string of the molecule is CC1COc2c(C(=O)NC(CNC(=O)c3ccn[nH]3)c3ccccc3)cccc21. The number of carbonyl (C=O) groups is 2. The average molecular weight is 390 g/mol. The van der Waals surface area contributed by atoms with Crippen molar-refractivity contribution < 1.29 is 14.3 Å². The van der Waals surface area contributed by atoms with Crippen LogP contribution in [0.5, 0.6) is 5.75 Å². The molecule has 1 aliphatic heterocycles. The second-order valence-electron chi connectivity index (χ2n) is 7.05. The number of hydrogen-bond acceptors (Lipinski definition) is 4. The van der Waals surface area contributed by atoms with Crippen molar-refractivity contribution in [1.29, 1.82) is 0 Å². The van der Waals surface area contributed by atoms with Crippen LogP contribution in [0.4, 0.5) is 0 Å². The highest BCUT2D eigenvalue weighted by Crippen LogP contribution is 2.36. The molecule has 0 radical (unpaired) electrons. The third kappa shape index (κ3) is 3.99. The molecule has 2 unspecified atom stereocenters. The summed E-state index contributed by atoms with van der Waals surface area (Å²) in [5.41, 5.74) is 2.81. The van der Waals surface area contributed by atoms with Crippen LogP contribution in [0, 0.1) is 0 Å². The molecule has 7 heteroatoms. The molecule has 0 saturated carbocycles. The van der Waals surface area contributed by atoms with Gasteiger partial charge in [-0.15, -0.1) is 0 Å². The lowest BCUT2D eigenvalue weighted by atomic mass is 10.00. The number of benzene rings is 2. The zero-order valence-corrected chi connectivity index (χ0v) is 16.0. The summed E-state index contributed by atoms with van der Waals surface area (Å²) in [7, 11) is 0. The van der Waals surface area contributed by atoms with Gasteiger partial charge in [-0.05, 0) is 17.7 Å². The minimum absolute atomic E-state index is 0.236. The Kier molecular flexibility index (Phi) is 5.29. The number of aromatic nitrogens is 2. The molecule has 0 fully saturated rings. The van der Waals surface area contributed by atoms with Crippen LogP contribution in [0.15, 0.2) is 60.8 Å². The first kappa shape index (κ1) is 18.7. The maximum absolute atomic E-state index is 13.0. The Balaban J connectivity index is 1.53. The number of ether oxygens (including phenoxy) is 1. The first-order chi connectivity index (χ1) is 14.1. The maximum Gasteiger partial charge on any atom is 0.269 e. The van der Waals surface area contributed by atoms with E-state index in [-0.39, 0.29) is 24.3 Å². The number of nitrogens with one attached hydrogen (secondary N) is 3. The lowest BCUT2D eigenvalue weighted by Crippen LogP contribution is -2.38. The Morgan fingerprint density at radius 2 is 1.97 bits per heavy atom. The van der Waals surface area contributed by atoms with Gasteiger partial charge >= 0.3 is 0 Å². The van der Waals surface area contributed by atoms with Crippen molar-refractivity contribution >= 4 is 11.8 Å². The molecule has 3 aromatic rings. The van der Waals surface area contributed by atoms with Gasteiger partial charge in [0.2, 0.25) is 0 Å². The summed E-state index contributed by atoms with van der Waals surface area (Å²) < 4.78 is 5.76. The Morgan fingerprint density at radius 1 is 1.14 bits per heavy atom. The summed E-state index contributed by atoms with van der Waals surface area (Å²) in [6.45, 7) is 2.88. The highest BCUT2D eigenvalue weighted by atomic mass is 16.5. The van der Waals surface area contributed by atoms with E-state index in [1.54, 1.807) is 12.1 Å². The third-order valence-electron chi connectivity index (χ3n) is 5.02. The Hall–Kier alpha value is -3.61. The Bertz CT molecular complexity index is 1000. The molecule has 0 saturated heterocycles. The first-order valence-electron chi connectivity index (χ1n) is 9.52. The highest BCUT2D eigenvalue weighted by Gasteiger charge is 2.27. The van der Waals surface area contributed by atoms with Gasteiger partial charge in [0, 0.05) is 24.2 Å². The van der Waals surface area contributed by atoms with Crippen molar-refractivity contribution in [3.8, 4) is 5.75 Å². The molecule has 2 atom stereocenters. The Labute approximate surface area is 168 Å². The van der Waals surface area contributed by atoms with Crippen molar-refractivity contribution in [1.82, 2.24) is 20.8 Å². The van der Waals surface area contributed by atoms with Gasteiger partial charge in [0.25, 0.3) is 11.8 Å². The van der Waals surface area contributed by atoms with Crippen LogP contribution in [-0.4, -0.2) is 35.2 Å². The number of fused-ring (bicyclic) bond motifs is 1. The fraction of sp³-hybridized carbons (Fsp3) is 0.227. The quantitative estimate of drug-likeness (QED) is 0.603. The zero-order chi connectivity index (χ0) is 20.2. The van der Waals surface area contributed by atoms with Gasteiger partial charge < -0.3 is 15.4 Å². The van der Waals surface area contributed by atoms with E-state index in [4.69, 9.17) is 4.74 Å². The summed E-state index contributed by atoms with van der Waals surface area (Å²) in [6.07, 6.45) is 1.52. The molecule has 2 aromatic carbocycles. The minimum Gasteiger partial charge on any atom is -0.492 e. The van der Waals surface area contributed by atoms with Crippen LogP contribution in [0.25, 0.3) is 0 Å². The molecular weight excluding hydrogens is 368 g/mol. The molecule has 29 heavy (non-hydrogen) atoms. The fourth-order valence-electron chi connectivity index (χ4n) is 3.43. The van der Waals surface area contributed by atoms with E-state index in [9.17, 15) is 9.59 Å². The summed E-state index contributed by atoms with van der Waals surface area (Å²) in [6, 6.07) is 16.4. The largest absolute Gasteiger partial charge is 0.492 e. The Morgan fingerprint density at radius 3 is 2.72 bits per heavy atom. The summed E-state index contributed by atoms with van der Waals surface area (Å²) in [5.74, 6) is 0.387. The van der Waals surface area contributed by atoms with E-state index in [0.29, 0.717) is 23.6 Å². The van der Waals surface area contributed by atoms with Gasteiger partial charge in [-0.25, -0.2) is 0 Å². The van der Waals surface area contributed by atoms with Crippen LogP contribution < -0.4 is 15.4 Å². The second kappa shape index (κ2) is 8.18. The van der Waals surface area contributed by atoms with E-state index < -0.39 is 6.04 Å². The van der Waals surface area contributed by atoms with Crippen LogP contribution in [0.2, 0.25) is 0 Å². The topological polar surface area (TPSA) is 96.1 Å². The molecule has 2 heterocycles. The van der Waals surface area contributed by atoms with Crippen molar-refractivity contribution in [3.63, 3.8) is 0 Å². The van der Waals surface area contributed by atoms with Crippen LogP contribution in [-0.2, 0) is 0 Å². The number of H-pyrrole nitrogens is 1.